The van der Waals surface area contributed by atoms with Crippen molar-refractivity contribution in [3.05, 3.63) is 165 Å². The van der Waals surface area contributed by atoms with E-state index in [4.69, 9.17) is 0 Å². The average Bonchev–Trinajstić information content (AvgIpc) is 3.86. The van der Waals surface area contributed by atoms with Gasteiger partial charge in [-0.2, -0.15) is 0 Å². The van der Waals surface area contributed by atoms with E-state index in [0.29, 0.717) is 0 Å². The predicted octanol–water partition coefficient (Wildman–Crippen LogP) is 18.2. The van der Waals surface area contributed by atoms with Crippen LogP contribution in [-0.4, -0.2) is 0 Å². The summed E-state index contributed by atoms with van der Waals surface area (Å²) in [6, 6.07) is 43.6. The van der Waals surface area contributed by atoms with Crippen molar-refractivity contribution in [2.75, 3.05) is 9.80 Å². The van der Waals surface area contributed by atoms with Gasteiger partial charge in [-0.3, -0.25) is 0 Å². The topological polar surface area (TPSA) is 6.48 Å². The van der Waals surface area contributed by atoms with Crippen LogP contribution in [0.1, 0.15) is 159 Å². The number of anilines is 6. The molecule has 332 valence electrons. The Bertz CT molecular complexity index is 2370. The lowest BCUT2D eigenvalue weighted by Crippen LogP contribution is -2.43. The van der Waals surface area contributed by atoms with Crippen molar-refractivity contribution in [2.45, 2.75) is 169 Å². The first-order valence-electron chi connectivity index (χ1n) is 25.3. The monoisotopic (exact) mass is 847 g/mol. The Balaban J connectivity index is 1.17. The Morgan fingerprint density at radius 3 is 1.08 bits per heavy atom. The first kappa shape index (κ1) is 44.1. The molecule has 0 radical (unpaired) electrons. The molecule has 3 aliphatic carbocycles. The fraction of sp³-hybridized carbons (Fsp3) is 0.419. The molecule has 2 saturated carbocycles. The average molecular weight is 847 g/mol. The fourth-order valence-corrected chi connectivity index (χ4v) is 13.0. The summed E-state index contributed by atoms with van der Waals surface area (Å²) in [5, 5.41) is 0. The molecule has 0 amide bonds. The summed E-state index contributed by atoms with van der Waals surface area (Å²) >= 11 is 0. The second-order valence-electron chi connectivity index (χ2n) is 20.5. The quantitative estimate of drug-likeness (QED) is 0.0896. The number of hydrogen-bond donors (Lipinski definition) is 0. The van der Waals surface area contributed by atoms with Gasteiger partial charge in [0.1, 0.15) is 0 Å². The Hall–Kier alpha value is -5.08. The molecule has 0 N–H and O–H groups in total. The third-order valence-electron chi connectivity index (χ3n) is 15.9. The largest absolute Gasteiger partial charge is 0.310 e. The van der Waals surface area contributed by atoms with E-state index in [1.165, 1.54) is 180 Å². The predicted molar refractivity (Wildman–Crippen MR) is 276 cm³/mol. The van der Waals surface area contributed by atoms with E-state index in [9.17, 15) is 0 Å². The highest BCUT2D eigenvalue weighted by Crippen LogP contribution is 2.70. The molecule has 0 saturated heterocycles. The normalized spacial score (nSPS) is 18.4. The van der Waals surface area contributed by atoms with Crippen LogP contribution in [0.2, 0.25) is 0 Å². The summed E-state index contributed by atoms with van der Waals surface area (Å²) in [5.74, 6) is 0. The molecule has 9 rings (SSSR count). The van der Waals surface area contributed by atoms with E-state index >= 15 is 0 Å². The molecule has 0 spiro atoms. The van der Waals surface area contributed by atoms with Crippen LogP contribution < -0.4 is 9.80 Å². The van der Waals surface area contributed by atoms with Gasteiger partial charge < -0.3 is 9.80 Å². The smallest absolute Gasteiger partial charge is 0.0520 e. The van der Waals surface area contributed by atoms with Crippen molar-refractivity contribution in [1.82, 2.24) is 0 Å². The van der Waals surface area contributed by atoms with E-state index in [1.807, 2.05) is 0 Å². The maximum absolute atomic E-state index is 2.66. The van der Waals surface area contributed by atoms with Crippen LogP contribution in [0.15, 0.2) is 109 Å². The molecule has 0 unspecified atom stereocenters. The van der Waals surface area contributed by atoms with Gasteiger partial charge in [0.05, 0.1) is 11.4 Å². The van der Waals surface area contributed by atoms with Crippen LogP contribution >= 0.6 is 0 Å². The molecule has 0 bridgehead atoms. The van der Waals surface area contributed by atoms with Gasteiger partial charge in [0.25, 0.3) is 0 Å². The minimum Gasteiger partial charge on any atom is -0.310 e. The van der Waals surface area contributed by atoms with Gasteiger partial charge in [0, 0.05) is 33.6 Å². The van der Waals surface area contributed by atoms with Crippen LogP contribution in [0.3, 0.4) is 0 Å². The maximum atomic E-state index is 2.66. The zero-order chi connectivity index (χ0) is 44.6. The van der Waals surface area contributed by atoms with Crippen LogP contribution in [0, 0.1) is 41.5 Å². The number of nitrogens with zero attached hydrogens (tertiary/aromatic N) is 2. The van der Waals surface area contributed by atoms with Crippen molar-refractivity contribution in [3.8, 4) is 11.1 Å². The number of aryl methyl sites for hydroxylation is 8. The Kier molecular flexibility index (Phi) is 12.7. The van der Waals surface area contributed by atoms with E-state index in [-0.39, 0.29) is 10.8 Å². The number of rotatable bonds is 16. The van der Waals surface area contributed by atoms with Gasteiger partial charge in [0.15, 0.2) is 0 Å². The lowest BCUT2D eigenvalue weighted by molar-refractivity contribution is 0.299. The molecule has 0 aromatic heterocycles. The second-order valence-corrected chi connectivity index (χ2v) is 20.5. The Morgan fingerprint density at radius 1 is 0.391 bits per heavy atom. The van der Waals surface area contributed by atoms with Crippen molar-refractivity contribution >= 4 is 34.1 Å². The summed E-state index contributed by atoms with van der Waals surface area (Å²) in [6.45, 7) is 18.4. The highest BCUT2D eigenvalue weighted by Gasteiger charge is 2.62. The maximum Gasteiger partial charge on any atom is 0.0520 e. The van der Waals surface area contributed by atoms with Gasteiger partial charge in [-0.15, -0.1) is 0 Å². The second kappa shape index (κ2) is 18.4. The molecule has 2 fully saturated rings. The lowest BCUT2D eigenvalue weighted by atomic mass is 9.55. The number of fused-ring (bicyclic) bond motifs is 3. The van der Waals surface area contributed by atoms with Crippen LogP contribution in [0.4, 0.5) is 34.1 Å². The number of benzene rings is 6. The molecule has 2 heteroatoms. The standard InChI is InChI=1S/C62H74N2/c1-9-11-13-15-19-49-37-45(5)59(46(6)38-49)63(51-25-21-43(3)22-26-51)53-29-31-55-56-32-30-54(42-58(56)62-35-17-33-61(62,34-18-36-62)57(55)41-53)64(52-27-23-44(4)24-28-52)60-47(7)39-50(40-48(60)8)20-16-14-12-10-2/h21-32,37-42H,9-20,33-36H2,1-8H3/t61-,62+. The molecular weight excluding hydrogens is 773 g/mol. The van der Waals surface area contributed by atoms with Crippen molar-refractivity contribution in [2.24, 2.45) is 0 Å². The first-order chi connectivity index (χ1) is 31.1. The molecule has 6 aromatic rings. The molecule has 0 aliphatic heterocycles. The summed E-state index contributed by atoms with van der Waals surface area (Å²) in [5.41, 5.74) is 25.1. The molecule has 0 atom stereocenters. The first-order valence-corrected chi connectivity index (χ1v) is 25.3. The Morgan fingerprint density at radius 2 is 0.734 bits per heavy atom. The minimum atomic E-state index is 0.134. The van der Waals surface area contributed by atoms with E-state index in [2.05, 4.69) is 174 Å². The molecule has 2 nitrogen and oxygen atoms in total. The molecule has 0 heterocycles. The molecule has 6 aromatic carbocycles. The van der Waals surface area contributed by atoms with Gasteiger partial charge >= 0.3 is 0 Å². The van der Waals surface area contributed by atoms with E-state index in [0.717, 1.165) is 12.8 Å². The number of unbranched alkanes of at least 4 members (excludes halogenated alkanes) is 6. The highest BCUT2D eigenvalue weighted by atomic mass is 15.2. The summed E-state index contributed by atoms with van der Waals surface area (Å²) in [6.07, 6.45) is 20.3. The zero-order valence-corrected chi connectivity index (χ0v) is 40.6. The van der Waals surface area contributed by atoms with Crippen molar-refractivity contribution in [3.63, 3.8) is 0 Å². The van der Waals surface area contributed by atoms with Gasteiger partial charge in [0.2, 0.25) is 0 Å². The summed E-state index contributed by atoms with van der Waals surface area (Å²) in [4.78, 5) is 5.18. The van der Waals surface area contributed by atoms with Crippen molar-refractivity contribution < 1.29 is 0 Å². The lowest BCUT2D eigenvalue weighted by Gasteiger charge is -2.48. The summed E-state index contributed by atoms with van der Waals surface area (Å²) in [7, 11) is 0. The van der Waals surface area contributed by atoms with Crippen molar-refractivity contribution in [1.29, 1.82) is 0 Å². The Labute approximate surface area is 387 Å². The fourth-order valence-electron chi connectivity index (χ4n) is 13.0. The summed E-state index contributed by atoms with van der Waals surface area (Å²) < 4.78 is 0. The molecule has 3 aliphatic rings. The minimum absolute atomic E-state index is 0.134. The molecular formula is C62H74N2. The van der Waals surface area contributed by atoms with Gasteiger partial charge in [-0.25, -0.2) is 0 Å². The third kappa shape index (κ3) is 7.92. The SMILES string of the molecule is CCCCCCc1cc(C)c(N(c2ccc(C)cc2)c2ccc3c(c2)[C@]24CCC[C@]2(CCC4)c2cc(N(c4ccc(C)cc4)c4c(C)cc(CCCCCC)cc4C)ccc2-3)c(C)c1. The van der Waals surface area contributed by atoms with E-state index < -0.39 is 0 Å². The van der Waals surface area contributed by atoms with Crippen LogP contribution in [-0.2, 0) is 23.7 Å². The zero-order valence-electron chi connectivity index (χ0n) is 40.6. The van der Waals surface area contributed by atoms with Gasteiger partial charge in [-0.1, -0.05) is 137 Å². The molecule has 64 heavy (non-hydrogen) atoms. The third-order valence-corrected chi connectivity index (χ3v) is 15.9. The number of hydrogen-bond acceptors (Lipinski definition) is 2. The van der Waals surface area contributed by atoms with E-state index in [1.54, 1.807) is 11.1 Å². The van der Waals surface area contributed by atoms with Crippen LogP contribution in [0.25, 0.3) is 11.1 Å². The van der Waals surface area contributed by atoms with Gasteiger partial charge in [-0.05, 0) is 197 Å². The highest BCUT2D eigenvalue weighted by molar-refractivity contribution is 5.89. The van der Waals surface area contributed by atoms with Crippen LogP contribution in [0.5, 0.6) is 0 Å².